The van der Waals surface area contributed by atoms with Crippen molar-refractivity contribution >= 4 is 108 Å². The summed E-state index contributed by atoms with van der Waals surface area (Å²) >= 11 is 0. The van der Waals surface area contributed by atoms with Crippen LogP contribution < -0.4 is 45.2 Å². The molecule has 28 N–H and O–H groups in total. The summed E-state index contributed by atoms with van der Waals surface area (Å²) in [7, 11) is -0.722. The van der Waals surface area contributed by atoms with E-state index in [-0.39, 0.29) is 86.7 Å². The molecular weight excluding hydrogens is 1960 g/mol. The number of aliphatic hydroxyl groups is 24. The quantitative estimate of drug-likeness (QED) is 0.0162. The fourth-order valence-electron chi connectivity index (χ4n) is 16.7. The maximum absolute atomic E-state index is 14.8. The Hall–Kier alpha value is -10.6. The van der Waals surface area contributed by atoms with Crippen molar-refractivity contribution in [3.05, 3.63) is 156 Å². The smallest absolute Gasteiger partial charge is 0.258 e. The van der Waals surface area contributed by atoms with E-state index in [2.05, 4.69) is 4.72 Å². The monoisotopic (exact) mass is 2080 g/mol. The lowest BCUT2D eigenvalue weighted by Crippen LogP contribution is -2.62. The first kappa shape index (κ1) is 117. The van der Waals surface area contributed by atoms with Gasteiger partial charge in [-0.2, -0.15) is 0 Å². The Bertz CT molecular complexity index is 5470. The molecule has 146 heavy (non-hydrogen) atoms. The fraction of sp³-hybridized carbons (Fsp3) is 0.532. The normalized spacial score (nSPS) is 25.1. The Kier molecular flexibility index (Phi) is 43.4. The van der Waals surface area contributed by atoms with Gasteiger partial charge in [0.1, 0.15) is 147 Å². The molecule has 10 amide bonds. The van der Waals surface area contributed by atoms with E-state index in [1.165, 1.54) is 47.4 Å². The van der Waals surface area contributed by atoms with Crippen LogP contribution in [-0.2, 0) is 99.2 Å². The molecule has 10 heterocycles. The third kappa shape index (κ3) is 29.7. The highest BCUT2D eigenvalue weighted by Crippen LogP contribution is 2.35. The summed E-state index contributed by atoms with van der Waals surface area (Å²) in [6, 6.07) is 34.6. The molecule has 0 aliphatic carbocycles. The van der Waals surface area contributed by atoms with Crippen molar-refractivity contribution in [2.24, 2.45) is 0 Å². The third-order valence-electron chi connectivity index (χ3n) is 24.9. The van der Waals surface area contributed by atoms with Crippen molar-refractivity contribution < 1.29 is 207 Å². The zero-order valence-electron chi connectivity index (χ0n) is 78.9. The molecule has 16 rings (SSSR count). The van der Waals surface area contributed by atoms with E-state index in [1.807, 2.05) is 11.0 Å². The van der Waals surface area contributed by atoms with Crippen LogP contribution >= 0.6 is 0 Å². The van der Waals surface area contributed by atoms with Gasteiger partial charge in [0.05, 0.1) is 44.5 Å². The van der Waals surface area contributed by atoms with Gasteiger partial charge in [0.25, 0.3) is 17.7 Å². The van der Waals surface area contributed by atoms with Crippen molar-refractivity contribution in [2.75, 3.05) is 111 Å². The number of nitrogens with zero attached hydrogens (tertiary/aromatic N) is 5. The second kappa shape index (κ2) is 54.0. The molecule has 0 unspecified atom stereocenters. The number of benzene rings is 6. The second-order valence-electron chi connectivity index (χ2n) is 35.5. The highest BCUT2D eigenvalue weighted by molar-refractivity contribution is 7.89. The number of rotatable bonds is 36. The van der Waals surface area contributed by atoms with Crippen LogP contribution in [0.5, 0.6) is 0 Å². The Morgan fingerprint density at radius 3 is 0.918 bits per heavy atom. The minimum absolute atomic E-state index is 0.0142. The minimum atomic E-state index is -4.31. The number of sulfonamides is 1. The Balaban J connectivity index is 0.947. The number of hydrogen-bond acceptors (Lipinski definition) is 43. The van der Waals surface area contributed by atoms with Crippen LogP contribution in [0.3, 0.4) is 0 Å². The maximum atomic E-state index is 14.8. The number of aliphatic hydroxyl groups excluding tert-OH is 24. The molecule has 52 heteroatoms. The SMILES string of the molecule is CN(C)c1cccc2c(S(=O)(=O)NCCC(=O)N3CCCCN(C(=O)CC(=O)NC(=O)[C@H](O)[C@H](O)[C@H](O[C@@H]4O[C@H](CO)[C@H](O)[C@H](O)[C@H]4O)[C@H](O)CO)c4ccc(cc4)Cc4ccc(cc4)N(C(=O)CC(=O)NC(=O)[C@H](O)[C@H](O)[C@H](O[C@@H]4O[C@H](CO)[C@H](O)[C@H](O)[C@H]4O)[C@H](O)CO)CCCCN(C(=O)CC(=O)NC(=O)[C@H](O)[C@H](O)[C@H](O[C@@H]4O[C@H](CO)[C@H](O)[C@H](O)[C@H]4O)[C@H](O)CO)c4ccc(cc4)Cc4ccc3cc4)cccc12. The van der Waals surface area contributed by atoms with Gasteiger partial charge in [-0.25, -0.2) is 13.1 Å². The molecule has 51 nitrogen and oxygen atoms in total. The Labute approximate surface area is 833 Å². The standard InChI is InChI=1S/C94H125N9O42S/c1-99(2)56-11-7-10-55-54(56)9-8-12-63(55)146(138,139)95-30-29-67(116)100-31-3-4-32-101(68(117)37-64(113)96-89(135)80(129)77(126)86(57(110)40-104)143-92-83(132)74(123)71(120)60(43-107)140-92)51-23-17-48(18-24-51)36-49-19-27-53(28-20-49)103(70(119)39-66(115)98-91(137)82(131)79(128)88(59(112)42-106)145-94-85(134)76(125)73(122)62(45-109)142-94)34-6-5-33-102(52-25-15-47(16-26-52)35-46-13-21-50(100)22-14-46)69(118)38-65(114)97-90(136)81(130)78(127)87(58(111)41-105)144-93-84(133)75(124)72(121)61(44-108)141-93/h7-28,57-62,71-88,92-95,104-112,120-134H,3-6,29-45H2,1-2H3,(H,96,113,135)(H,97,114,136)(H,98,115,137)/t57-,58-,59-,60-,61-,62-,71+,72+,73+,74+,75+,76+,77+,78+,79+,80-,81-,82-,83-,84-,85-,86-,87-,88-,92+,93+,94+/m1/s1. The number of ether oxygens (including phenoxy) is 6. The first-order valence-electron chi connectivity index (χ1n) is 46.4. The zero-order valence-corrected chi connectivity index (χ0v) is 79.7. The number of imide groups is 3. The van der Waals surface area contributed by atoms with Crippen molar-refractivity contribution in [2.45, 2.75) is 234 Å². The van der Waals surface area contributed by atoms with Crippen molar-refractivity contribution in [3.63, 3.8) is 0 Å². The fourth-order valence-corrected chi connectivity index (χ4v) is 17.9. The molecule has 10 aliphatic heterocycles. The van der Waals surface area contributed by atoms with Gasteiger partial charge in [0.15, 0.2) is 37.2 Å². The van der Waals surface area contributed by atoms with Crippen molar-refractivity contribution in [1.29, 1.82) is 0 Å². The molecular formula is C94H125N9O42S. The summed E-state index contributed by atoms with van der Waals surface area (Å²) in [4.78, 5) is 148. The average molecular weight is 2090 g/mol. The molecule has 0 aromatic heterocycles. The maximum Gasteiger partial charge on any atom is 0.258 e. The predicted molar refractivity (Wildman–Crippen MR) is 502 cm³/mol. The van der Waals surface area contributed by atoms with E-state index in [0.717, 1.165) is 20.4 Å². The van der Waals surface area contributed by atoms with Crippen molar-refractivity contribution in [3.8, 4) is 0 Å². The summed E-state index contributed by atoms with van der Waals surface area (Å²) in [6.07, 6.45) is -63.4. The largest absolute Gasteiger partial charge is 0.394 e. The van der Waals surface area contributed by atoms with Gasteiger partial charge >= 0.3 is 0 Å². The summed E-state index contributed by atoms with van der Waals surface area (Å²) in [5, 5.41) is 258. The van der Waals surface area contributed by atoms with E-state index in [0.29, 0.717) is 38.7 Å². The third-order valence-corrected chi connectivity index (χ3v) is 26.4. The van der Waals surface area contributed by atoms with Gasteiger partial charge in [-0.05, 0) is 121 Å². The van der Waals surface area contributed by atoms with Crippen molar-refractivity contribution in [1.82, 2.24) is 20.7 Å². The summed E-state index contributed by atoms with van der Waals surface area (Å²) in [5.41, 5.74) is 3.51. The van der Waals surface area contributed by atoms with Gasteiger partial charge in [0.2, 0.25) is 51.4 Å². The predicted octanol–water partition coefficient (Wildman–Crippen LogP) is -11.1. The lowest BCUT2D eigenvalue weighted by Gasteiger charge is -2.42. The van der Waals surface area contributed by atoms with Gasteiger partial charge in [-0.15, -0.1) is 0 Å². The second-order valence-corrected chi connectivity index (χ2v) is 37.2. The number of nitrogens with one attached hydrogen (secondary N) is 4. The molecule has 10 aliphatic rings. The van der Waals surface area contributed by atoms with E-state index >= 15 is 0 Å². The van der Waals surface area contributed by atoms with Gasteiger partial charge in [0, 0.05) is 92.4 Å². The van der Waals surface area contributed by atoms with Crippen LogP contribution in [0.1, 0.15) is 73.6 Å². The number of fused-ring (bicyclic) bond motifs is 1. The molecule has 0 saturated carbocycles. The molecule has 27 atom stereocenters. The summed E-state index contributed by atoms with van der Waals surface area (Å²) < 4.78 is 62.9. The summed E-state index contributed by atoms with van der Waals surface area (Å²) in [6.45, 7) is -8.17. The van der Waals surface area contributed by atoms with Crippen LogP contribution in [0.25, 0.3) is 10.8 Å². The number of carbonyl (C=O) groups is 10. The molecule has 6 aromatic carbocycles. The van der Waals surface area contributed by atoms with E-state index in [1.54, 1.807) is 115 Å². The zero-order chi connectivity index (χ0) is 107. The molecule has 6 aromatic rings. The number of anilines is 5. The van der Waals surface area contributed by atoms with Crippen LogP contribution in [0.2, 0.25) is 0 Å². The molecule has 8 bridgehead atoms. The van der Waals surface area contributed by atoms with E-state index in [4.69, 9.17) is 28.4 Å². The highest BCUT2D eigenvalue weighted by atomic mass is 32.2. The van der Waals surface area contributed by atoms with Gasteiger partial charge in [-0.1, -0.05) is 72.8 Å². The van der Waals surface area contributed by atoms with Crippen LogP contribution in [0, 0.1) is 0 Å². The number of hydrogen-bond donors (Lipinski definition) is 28. The topological polar surface area (TPSA) is 810 Å². The van der Waals surface area contributed by atoms with Gasteiger partial charge < -0.3 is 175 Å². The lowest BCUT2D eigenvalue weighted by atomic mass is 9.98. The first-order chi connectivity index (χ1) is 69.3. The molecule has 0 spiro atoms. The van der Waals surface area contributed by atoms with Gasteiger partial charge in [-0.3, -0.25) is 63.9 Å². The van der Waals surface area contributed by atoms with E-state index < -0.39 is 306 Å². The van der Waals surface area contributed by atoms with Crippen LogP contribution in [0.15, 0.2) is 138 Å². The molecule has 0 radical (unpaired) electrons. The van der Waals surface area contributed by atoms with Crippen LogP contribution in [0.4, 0.5) is 28.4 Å². The first-order valence-corrected chi connectivity index (χ1v) is 47.9. The lowest BCUT2D eigenvalue weighted by molar-refractivity contribution is -0.326. The number of amides is 10. The average Bonchev–Trinajstić information content (AvgIpc) is 0.772. The molecule has 3 fully saturated rings. The molecule has 3 saturated heterocycles. The number of carbonyl (C=O) groups excluding carboxylic acids is 10. The molecule has 804 valence electrons. The minimum Gasteiger partial charge on any atom is -0.394 e. The highest BCUT2D eigenvalue weighted by Gasteiger charge is 2.52. The summed E-state index contributed by atoms with van der Waals surface area (Å²) in [5.74, 6) is -13.1. The Morgan fingerprint density at radius 2 is 0.644 bits per heavy atom. The van der Waals surface area contributed by atoms with E-state index in [9.17, 15) is 179 Å². The van der Waals surface area contributed by atoms with Crippen LogP contribution in [-0.4, -0.2) is 442 Å². The Morgan fingerprint density at radius 1 is 0.370 bits per heavy atom.